The number of esters is 1. The Kier molecular flexibility index (Phi) is 5.11. The average molecular weight is 266 g/mol. The molecule has 0 saturated carbocycles. The van der Waals surface area contributed by atoms with Gasteiger partial charge in [-0.15, -0.1) is 0 Å². The van der Waals surface area contributed by atoms with Gasteiger partial charge in [-0.05, 0) is 19.9 Å². The van der Waals surface area contributed by atoms with E-state index in [1.165, 1.54) is 12.3 Å². The molecule has 0 aliphatic carbocycles. The van der Waals surface area contributed by atoms with Crippen LogP contribution in [-0.4, -0.2) is 29.5 Å². The second kappa shape index (κ2) is 6.58. The summed E-state index contributed by atoms with van der Waals surface area (Å²) in [6.07, 6.45) is 1.55. The van der Waals surface area contributed by atoms with E-state index in [-0.39, 0.29) is 24.6 Å². The molecule has 1 aromatic heterocycles. The molecule has 1 heterocycles. The highest BCUT2D eigenvalue weighted by molar-refractivity contribution is 5.95. The predicted molar refractivity (Wildman–Crippen MR) is 71.5 cm³/mol. The van der Waals surface area contributed by atoms with Crippen molar-refractivity contribution in [2.75, 3.05) is 17.7 Å². The Labute approximate surface area is 111 Å². The molecule has 0 saturated heterocycles. The van der Waals surface area contributed by atoms with Gasteiger partial charge in [0, 0.05) is 12.5 Å². The Balaban J connectivity index is 2.93. The monoisotopic (exact) mass is 266 g/mol. The normalized spacial score (nSPS) is 11.7. The minimum atomic E-state index is -0.518. The minimum absolute atomic E-state index is 0.133. The van der Waals surface area contributed by atoms with E-state index < -0.39 is 11.9 Å². The number of nitrogens with two attached hydrogens (primary N) is 2. The minimum Gasteiger partial charge on any atom is -0.462 e. The number of carbonyl (C=O) groups excluding carboxylic acids is 2. The highest BCUT2D eigenvalue weighted by Crippen LogP contribution is 2.18. The van der Waals surface area contributed by atoms with Crippen molar-refractivity contribution in [2.45, 2.75) is 26.3 Å². The zero-order valence-corrected chi connectivity index (χ0v) is 11.0. The van der Waals surface area contributed by atoms with Crippen molar-refractivity contribution in [3.63, 3.8) is 0 Å². The molecule has 0 aliphatic heterocycles. The van der Waals surface area contributed by atoms with Gasteiger partial charge in [-0.25, -0.2) is 9.78 Å². The van der Waals surface area contributed by atoms with E-state index in [1.807, 2.05) is 0 Å². The summed E-state index contributed by atoms with van der Waals surface area (Å²) in [6, 6.07) is 1.23. The van der Waals surface area contributed by atoms with Gasteiger partial charge in [-0.3, -0.25) is 4.79 Å². The molecule has 104 valence electrons. The lowest BCUT2D eigenvalue weighted by Gasteiger charge is -2.15. The van der Waals surface area contributed by atoms with Gasteiger partial charge in [-0.1, -0.05) is 0 Å². The van der Waals surface area contributed by atoms with E-state index in [1.54, 1.807) is 13.8 Å². The number of hydrogen-bond donors (Lipinski definition) is 3. The zero-order chi connectivity index (χ0) is 14.4. The van der Waals surface area contributed by atoms with Crippen LogP contribution in [0.2, 0.25) is 0 Å². The number of hydrogen-bond acceptors (Lipinski definition) is 6. The highest BCUT2D eigenvalue weighted by Gasteiger charge is 2.16. The van der Waals surface area contributed by atoms with Crippen LogP contribution in [0.4, 0.5) is 11.5 Å². The third-order valence-corrected chi connectivity index (χ3v) is 2.29. The van der Waals surface area contributed by atoms with Crippen LogP contribution >= 0.6 is 0 Å². The van der Waals surface area contributed by atoms with Crippen LogP contribution in [0.25, 0.3) is 0 Å². The third kappa shape index (κ3) is 4.46. The first-order chi connectivity index (χ1) is 8.93. The van der Waals surface area contributed by atoms with Crippen LogP contribution in [0.1, 0.15) is 30.6 Å². The Morgan fingerprint density at radius 1 is 1.53 bits per heavy atom. The third-order valence-electron chi connectivity index (χ3n) is 2.29. The van der Waals surface area contributed by atoms with E-state index in [9.17, 15) is 9.59 Å². The van der Waals surface area contributed by atoms with E-state index in [0.29, 0.717) is 11.5 Å². The quantitative estimate of drug-likeness (QED) is 0.645. The van der Waals surface area contributed by atoms with E-state index in [2.05, 4.69) is 10.3 Å². The number of pyridine rings is 1. The Morgan fingerprint density at radius 3 is 2.79 bits per heavy atom. The molecule has 7 nitrogen and oxygen atoms in total. The first-order valence-electron chi connectivity index (χ1n) is 5.91. The lowest BCUT2D eigenvalue weighted by Crippen LogP contribution is -2.25. The molecule has 0 spiro atoms. The Hall–Kier alpha value is -2.31. The number of nitrogens with zero attached hydrogens (tertiary/aromatic N) is 1. The van der Waals surface area contributed by atoms with Gasteiger partial charge in [-0.2, -0.15) is 0 Å². The smallest absolute Gasteiger partial charge is 0.341 e. The lowest BCUT2D eigenvalue weighted by molar-refractivity contribution is -0.118. The van der Waals surface area contributed by atoms with Gasteiger partial charge < -0.3 is 21.5 Å². The fourth-order valence-corrected chi connectivity index (χ4v) is 1.55. The van der Waals surface area contributed by atoms with E-state index >= 15 is 0 Å². The SMILES string of the molecule is CCOC(=O)c1cc(N)cnc1NC(C)CC(N)=O. The number of primary amides is 1. The van der Waals surface area contributed by atoms with Gasteiger partial charge in [0.25, 0.3) is 0 Å². The summed E-state index contributed by atoms with van der Waals surface area (Å²) in [4.78, 5) is 26.6. The number of anilines is 2. The van der Waals surface area contributed by atoms with Crippen molar-refractivity contribution < 1.29 is 14.3 Å². The number of rotatable bonds is 6. The second-order valence-corrected chi connectivity index (χ2v) is 4.10. The fourth-order valence-electron chi connectivity index (χ4n) is 1.55. The lowest BCUT2D eigenvalue weighted by atomic mass is 10.2. The molecule has 0 bridgehead atoms. The van der Waals surface area contributed by atoms with E-state index in [4.69, 9.17) is 16.2 Å². The zero-order valence-electron chi connectivity index (χ0n) is 11.0. The van der Waals surface area contributed by atoms with Crippen LogP contribution < -0.4 is 16.8 Å². The van der Waals surface area contributed by atoms with Crippen LogP contribution in [0.3, 0.4) is 0 Å². The molecule has 19 heavy (non-hydrogen) atoms. The van der Waals surface area contributed by atoms with Crippen molar-refractivity contribution in [2.24, 2.45) is 5.73 Å². The largest absolute Gasteiger partial charge is 0.462 e. The number of nitrogen functional groups attached to an aromatic ring is 1. The molecule has 0 radical (unpaired) electrons. The van der Waals surface area contributed by atoms with E-state index in [0.717, 1.165) is 0 Å². The molecule has 0 aromatic carbocycles. The second-order valence-electron chi connectivity index (χ2n) is 4.10. The molecule has 5 N–H and O–H groups in total. The summed E-state index contributed by atoms with van der Waals surface area (Å²) >= 11 is 0. The van der Waals surface area contributed by atoms with Crippen molar-refractivity contribution in [3.05, 3.63) is 17.8 Å². The van der Waals surface area contributed by atoms with Crippen molar-refractivity contribution in [1.29, 1.82) is 0 Å². The number of amides is 1. The molecule has 0 fully saturated rings. The fraction of sp³-hybridized carbons (Fsp3) is 0.417. The molecule has 1 amide bonds. The maximum atomic E-state index is 11.8. The maximum Gasteiger partial charge on any atom is 0.341 e. The summed E-state index contributed by atoms with van der Waals surface area (Å²) in [5.41, 5.74) is 11.3. The number of carbonyl (C=O) groups is 2. The van der Waals surface area contributed by atoms with Crippen molar-refractivity contribution in [3.8, 4) is 0 Å². The summed E-state index contributed by atoms with van der Waals surface area (Å²) in [5, 5.41) is 2.94. The van der Waals surface area contributed by atoms with Crippen LogP contribution in [0.5, 0.6) is 0 Å². The van der Waals surface area contributed by atoms with Crippen molar-refractivity contribution in [1.82, 2.24) is 4.98 Å². The molecular weight excluding hydrogens is 248 g/mol. The molecular formula is C12H18N4O3. The summed E-state index contributed by atoms with van der Waals surface area (Å²) in [6.45, 7) is 3.72. The first kappa shape index (κ1) is 14.7. The standard InChI is InChI=1S/C12H18N4O3/c1-3-19-12(18)9-5-8(13)6-15-11(9)16-7(2)4-10(14)17/h5-7H,3-4,13H2,1-2H3,(H2,14,17)(H,15,16). The topological polar surface area (TPSA) is 120 Å². The summed E-state index contributed by atoms with van der Waals surface area (Å²) < 4.78 is 4.92. The number of nitrogens with one attached hydrogen (secondary N) is 1. The average Bonchev–Trinajstić information content (AvgIpc) is 2.30. The molecule has 1 rings (SSSR count). The van der Waals surface area contributed by atoms with Crippen molar-refractivity contribution >= 4 is 23.4 Å². The number of aromatic nitrogens is 1. The van der Waals surface area contributed by atoms with Gasteiger partial charge in [0.15, 0.2) is 0 Å². The molecule has 0 aliphatic rings. The van der Waals surface area contributed by atoms with Gasteiger partial charge in [0.1, 0.15) is 11.4 Å². The Morgan fingerprint density at radius 2 is 2.21 bits per heavy atom. The maximum absolute atomic E-state index is 11.8. The van der Waals surface area contributed by atoms with Gasteiger partial charge >= 0.3 is 5.97 Å². The first-order valence-corrected chi connectivity index (χ1v) is 5.91. The molecule has 1 atom stereocenters. The summed E-state index contributed by atoms with van der Waals surface area (Å²) in [5.74, 6) is -0.634. The molecule has 1 unspecified atom stereocenters. The number of ether oxygens (including phenoxy) is 1. The van der Waals surface area contributed by atoms with Gasteiger partial charge in [0.05, 0.1) is 18.5 Å². The van der Waals surface area contributed by atoms with Crippen LogP contribution in [0.15, 0.2) is 12.3 Å². The summed E-state index contributed by atoms with van der Waals surface area (Å²) in [7, 11) is 0. The predicted octanol–water partition coefficient (Wildman–Crippen LogP) is 0.516. The van der Waals surface area contributed by atoms with Crippen LogP contribution in [-0.2, 0) is 9.53 Å². The Bertz CT molecular complexity index is 476. The molecule has 7 heteroatoms. The van der Waals surface area contributed by atoms with Crippen LogP contribution in [0, 0.1) is 0 Å². The van der Waals surface area contributed by atoms with Gasteiger partial charge in [0.2, 0.25) is 5.91 Å². The highest BCUT2D eigenvalue weighted by atomic mass is 16.5. The molecule has 1 aromatic rings.